The van der Waals surface area contributed by atoms with Gasteiger partial charge in [0.15, 0.2) is 0 Å². The van der Waals surface area contributed by atoms with Gasteiger partial charge in [0.1, 0.15) is 0 Å². The fourth-order valence-electron chi connectivity index (χ4n) is 1.48. The van der Waals surface area contributed by atoms with Crippen LogP contribution in [0.15, 0.2) is 24.4 Å². The van der Waals surface area contributed by atoms with Gasteiger partial charge in [0.2, 0.25) is 0 Å². The van der Waals surface area contributed by atoms with E-state index in [0.29, 0.717) is 6.61 Å². The van der Waals surface area contributed by atoms with Gasteiger partial charge in [0.25, 0.3) is 0 Å². The summed E-state index contributed by atoms with van der Waals surface area (Å²) in [5, 5.41) is 1.18. The van der Waals surface area contributed by atoms with E-state index in [1.807, 2.05) is 24.4 Å². The molecule has 0 unspecified atom stereocenters. The van der Waals surface area contributed by atoms with E-state index in [1.54, 1.807) is 7.11 Å². The van der Waals surface area contributed by atoms with Crippen LogP contribution in [0.4, 0.5) is 5.69 Å². The van der Waals surface area contributed by atoms with Crippen molar-refractivity contribution in [1.29, 1.82) is 0 Å². The van der Waals surface area contributed by atoms with Gasteiger partial charge in [0.05, 0.1) is 6.61 Å². The van der Waals surface area contributed by atoms with Crippen LogP contribution >= 0.6 is 0 Å². The van der Waals surface area contributed by atoms with Crippen LogP contribution in [0.25, 0.3) is 10.9 Å². The third-order valence-corrected chi connectivity index (χ3v) is 2.09. The number of aromatic nitrogens is 1. The first-order chi connectivity index (χ1) is 6.31. The molecule has 1 aromatic carbocycles. The smallest absolute Gasteiger partial charge is 0.0733 e. The zero-order valence-electron chi connectivity index (χ0n) is 7.50. The van der Waals surface area contributed by atoms with Crippen LogP contribution in [0.1, 0.15) is 5.56 Å². The molecule has 2 aromatic rings. The van der Waals surface area contributed by atoms with Crippen molar-refractivity contribution < 1.29 is 4.74 Å². The summed E-state index contributed by atoms with van der Waals surface area (Å²) >= 11 is 0. The molecular formula is C10H12N2O. The van der Waals surface area contributed by atoms with Crippen LogP contribution in [0.2, 0.25) is 0 Å². The first-order valence-corrected chi connectivity index (χ1v) is 4.15. The summed E-state index contributed by atoms with van der Waals surface area (Å²) in [6.45, 7) is 0.629. The number of benzene rings is 1. The number of anilines is 1. The molecule has 68 valence electrons. The lowest BCUT2D eigenvalue weighted by molar-refractivity contribution is 0.186. The van der Waals surface area contributed by atoms with E-state index in [-0.39, 0.29) is 0 Å². The minimum atomic E-state index is 0.629. The van der Waals surface area contributed by atoms with Crippen LogP contribution in [-0.4, -0.2) is 12.1 Å². The summed E-state index contributed by atoms with van der Waals surface area (Å²) in [5.74, 6) is 0. The number of hydrogen-bond acceptors (Lipinski definition) is 2. The zero-order chi connectivity index (χ0) is 9.26. The number of nitrogen functional groups attached to an aromatic ring is 1. The molecule has 0 spiro atoms. The maximum absolute atomic E-state index is 5.66. The SMILES string of the molecule is COCc1c[nH]c2cc(N)ccc12. The second-order valence-electron chi connectivity index (χ2n) is 3.05. The van der Waals surface area contributed by atoms with E-state index < -0.39 is 0 Å². The van der Waals surface area contributed by atoms with Crippen molar-refractivity contribution in [3.05, 3.63) is 30.0 Å². The molecule has 0 saturated carbocycles. The highest BCUT2D eigenvalue weighted by Crippen LogP contribution is 2.20. The van der Waals surface area contributed by atoms with Crippen LogP contribution < -0.4 is 5.73 Å². The van der Waals surface area contributed by atoms with Gasteiger partial charge in [-0.05, 0) is 12.1 Å². The number of methoxy groups -OCH3 is 1. The first kappa shape index (κ1) is 8.13. The fourth-order valence-corrected chi connectivity index (χ4v) is 1.48. The van der Waals surface area contributed by atoms with Crippen LogP contribution in [0, 0.1) is 0 Å². The van der Waals surface area contributed by atoms with Crippen LogP contribution in [0.5, 0.6) is 0 Å². The lowest BCUT2D eigenvalue weighted by Crippen LogP contribution is -1.85. The maximum Gasteiger partial charge on any atom is 0.0733 e. The monoisotopic (exact) mass is 176 g/mol. The average molecular weight is 176 g/mol. The Morgan fingerprint density at radius 3 is 3.08 bits per heavy atom. The number of rotatable bonds is 2. The Hall–Kier alpha value is -1.48. The van der Waals surface area contributed by atoms with E-state index in [4.69, 9.17) is 10.5 Å². The second kappa shape index (κ2) is 3.11. The molecule has 0 radical (unpaired) electrons. The van der Waals surface area contributed by atoms with E-state index >= 15 is 0 Å². The van der Waals surface area contributed by atoms with Crippen molar-refractivity contribution >= 4 is 16.6 Å². The van der Waals surface area contributed by atoms with Gasteiger partial charge in [-0.3, -0.25) is 0 Å². The number of ether oxygens (including phenoxy) is 1. The molecule has 0 bridgehead atoms. The van der Waals surface area contributed by atoms with Crippen molar-refractivity contribution in [2.75, 3.05) is 12.8 Å². The number of nitrogens with one attached hydrogen (secondary N) is 1. The predicted octanol–water partition coefficient (Wildman–Crippen LogP) is 1.90. The van der Waals surface area contributed by atoms with E-state index in [9.17, 15) is 0 Å². The third kappa shape index (κ3) is 1.38. The van der Waals surface area contributed by atoms with Crippen molar-refractivity contribution in [2.24, 2.45) is 0 Å². The molecule has 0 aliphatic rings. The summed E-state index contributed by atoms with van der Waals surface area (Å²) in [6, 6.07) is 5.83. The van der Waals surface area contributed by atoms with Gasteiger partial charge in [-0.15, -0.1) is 0 Å². The van der Waals surface area contributed by atoms with Crippen molar-refractivity contribution in [3.63, 3.8) is 0 Å². The minimum Gasteiger partial charge on any atom is -0.399 e. The average Bonchev–Trinajstić information content (AvgIpc) is 2.49. The van der Waals surface area contributed by atoms with Gasteiger partial charge in [0, 0.05) is 35.5 Å². The van der Waals surface area contributed by atoms with E-state index in [1.165, 1.54) is 5.39 Å². The predicted molar refractivity (Wildman–Crippen MR) is 53.4 cm³/mol. The minimum absolute atomic E-state index is 0.629. The molecule has 3 N–H and O–H groups in total. The molecule has 3 heteroatoms. The van der Waals surface area contributed by atoms with Gasteiger partial charge in [-0.2, -0.15) is 0 Å². The molecule has 13 heavy (non-hydrogen) atoms. The normalized spacial score (nSPS) is 10.8. The highest BCUT2D eigenvalue weighted by atomic mass is 16.5. The molecule has 0 atom stereocenters. The number of fused-ring (bicyclic) bond motifs is 1. The van der Waals surface area contributed by atoms with Gasteiger partial charge in [-0.1, -0.05) is 6.07 Å². The molecule has 3 nitrogen and oxygen atoms in total. The number of hydrogen-bond donors (Lipinski definition) is 2. The Balaban J connectivity index is 2.55. The molecule has 0 fully saturated rings. The first-order valence-electron chi connectivity index (χ1n) is 4.15. The van der Waals surface area contributed by atoms with Crippen LogP contribution in [0.3, 0.4) is 0 Å². The molecule has 1 aromatic heterocycles. The summed E-state index contributed by atoms with van der Waals surface area (Å²) in [7, 11) is 1.69. The molecule has 0 aliphatic carbocycles. The maximum atomic E-state index is 5.66. The summed E-state index contributed by atoms with van der Waals surface area (Å²) < 4.78 is 5.07. The second-order valence-corrected chi connectivity index (χ2v) is 3.05. The number of nitrogens with two attached hydrogens (primary N) is 1. The Morgan fingerprint density at radius 2 is 2.31 bits per heavy atom. The molecule has 0 saturated heterocycles. The molecule has 0 amide bonds. The fraction of sp³-hybridized carbons (Fsp3) is 0.200. The molecule has 0 aliphatic heterocycles. The standard InChI is InChI=1S/C10H12N2O/c1-13-6-7-5-12-10-4-8(11)2-3-9(7)10/h2-5,12H,6,11H2,1H3. The number of aromatic amines is 1. The third-order valence-electron chi connectivity index (χ3n) is 2.09. The van der Waals surface area contributed by atoms with Gasteiger partial charge < -0.3 is 15.5 Å². The van der Waals surface area contributed by atoms with Gasteiger partial charge >= 0.3 is 0 Å². The Kier molecular flexibility index (Phi) is 1.94. The highest BCUT2D eigenvalue weighted by Gasteiger charge is 2.02. The van der Waals surface area contributed by atoms with Crippen molar-refractivity contribution in [1.82, 2.24) is 4.98 Å². The largest absolute Gasteiger partial charge is 0.399 e. The van der Waals surface area contributed by atoms with Crippen LogP contribution in [-0.2, 0) is 11.3 Å². The molecule has 2 rings (SSSR count). The summed E-state index contributed by atoms with van der Waals surface area (Å²) in [4.78, 5) is 3.15. The summed E-state index contributed by atoms with van der Waals surface area (Å²) in [6.07, 6.45) is 1.95. The lowest BCUT2D eigenvalue weighted by atomic mass is 10.2. The Labute approximate surface area is 76.5 Å². The van der Waals surface area contributed by atoms with Crippen molar-refractivity contribution in [2.45, 2.75) is 6.61 Å². The number of H-pyrrole nitrogens is 1. The van der Waals surface area contributed by atoms with Gasteiger partial charge in [-0.25, -0.2) is 0 Å². The quantitative estimate of drug-likeness (QED) is 0.686. The van der Waals surface area contributed by atoms with E-state index in [2.05, 4.69) is 4.98 Å². The topological polar surface area (TPSA) is 51.0 Å². The molecule has 1 heterocycles. The Morgan fingerprint density at radius 1 is 1.46 bits per heavy atom. The van der Waals surface area contributed by atoms with E-state index in [0.717, 1.165) is 16.8 Å². The molecular weight excluding hydrogens is 164 g/mol. The van der Waals surface area contributed by atoms with Crippen molar-refractivity contribution in [3.8, 4) is 0 Å². The summed E-state index contributed by atoms with van der Waals surface area (Å²) in [5.41, 5.74) is 8.66. The Bertz CT molecular complexity index is 420. The lowest BCUT2D eigenvalue weighted by Gasteiger charge is -1.97. The highest BCUT2D eigenvalue weighted by molar-refractivity contribution is 5.85. The zero-order valence-corrected chi connectivity index (χ0v) is 7.50.